The van der Waals surface area contributed by atoms with E-state index in [-0.39, 0.29) is 5.91 Å². The maximum Gasteiger partial charge on any atom is 0.233 e. The molecule has 0 spiro atoms. The summed E-state index contributed by atoms with van der Waals surface area (Å²) in [7, 11) is 0. The third-order valence-electron chi connectivity index (χ3n) is 2.29. The number of hydrogen-bond donors (Lipinski definition) is 0. The summed E-state index contributed by atoms with van der Waals surface area (Å²) in [6.07, 6.45) is 0.691. The minimum atomic E-state index is 0.260. The Labute approximate surface area is 88.4 Å². The molecule has 0 saturated carbocycles. The lowest BCUT2D eigenvalue weighted by molar-refractivity contribution is -0.125. The van der Waals surface area contributed by atoms with Crippen molar-refractivity contribution in [1.82, 2.24) is 4.31 Å². The van der Waals surface area contributed by atoms with Crippen LogP contribution in [0.15, 0.2) is 24.3 Å². The number of hydrogen-bond acceptors (Lipinski definition) is 2. The van der Waals surface area contributed by atoms with E-state index < -0.39 is 0 Å². The second-order valence-electron chi connectivity index (χ2n) is 3.50. The fourth-order valence-corrected chi connectivity index (χ4v) is 2.39. The first-order valence-corrected chi connectivity index (χ1v) is 5.69. The third kappa shape index (κ3) is 2.10. The summed E-state index contributed by atoms with van der Waals surface area (Å²) in [6.45, 7) is 2.81. The number of rotatable bonds is 2. The molecule has 2 nitrogen and oxygen atoms in total. The molecule has 0 atom stereocenters. The first-order chi connectivity index (χ1) is 6.75. The highest BCUT2D eigenvalue weighted by Crippen LogP contribution is 2.23. The van der Waals surface area contributed by atoms with Gasteiger partial charge in [-0.05, 0) is 24.4 Å². The van der Waals surface area contributed by atoms with Gasteiger partial charge >= 0.3 is 0 Å². The van der Waals surface area contributed by atoms with Gasteiger partial charge in [-0.1, -0.05) is 29.8 Å². The van der Waals surface area contributed by atoms with Crippen molar-refractivity contribution < 1.29 is 4.79 Å². The van der Waals surface area contributed by atoms with Crippen LogP contribution in [0.5, 0.6) is 0 Å². The smallest absolute Gasteiger partial charge is 0.233 e. The number of nitrogens with zero attached hydrogens (tertiary/aromatic N) is 1. The number of carbonyl (C=O) groups is 1. The molecule has 3 heteroatoms. The summed E-state index contributed by atoms with van der Waals surface area (Å²) in [4.78, 5) is 11.4. The molecular formula is C11H13NOS. The van der Waals surface area contributed by atoms with Crippen LogP contribution < -0.4 is 0 Å². The predicted molar refractivity (Wildman–Crippen MR) is 58.8 cm³/mol. The van der Waals surface area contributed by atoms with E-state index in [1.807, 2.05) is 4.31 Å². The summed E-state index contributed by atoms with van der Waals surface area (Å²) in [5.74, 6) is 1.20. The highest BCUT2D eigenvalue weighted by atomic mass is 32.2. The molecule has 14 heavy (non-hydrogen) atoms. The fraction of sp³-hybridized carbons (Fsp3) is 0.364. The van der Waals surface area contributed by atoms with Crippen molar-refractivity contribution in [2.24, 2.45) is 0 Å². The van der Waals surface area contributed by atoms with E-state index in [9.17, 15) is 4.79 Å². The standard InChI is InChI=1S/C11H13NOS/c1-9-2-4-10(5-3-9)8-12-11(13)6-7-14-12/h2-5H,6-8H2,1H3. The van der Waals surface area contributed by atoms with Crippen LogP contribution in [0.4, 0.5) is 0 Å². The second kappa shape index (κ2) is 4.05. The van der Waals surface area contributed by atoms with Crippen molar-refractivity contribution in [2.75, 3.05) is 5.75 Å². The normalized spacial score (nSPS) is 16.4. The lowest BCUT2D eigenvalue weighted by Crippen LogP contribution is -2.17. The summed E-state index contributed by atoms with van der Waals surface area (Å²) in [5.41, 5.74) is 2.47. The Morgan fingerprint density at radius 3 is 2.64 bits per heavy atom. The van der Waals surface area contributed by atoms with Crippen molar-refractivity contribution in [3.63, 3.8) is 0 Å². The van der Waals surface area contributed by atoms with Gasteiger partial charge in [0.1, 0.15) is 0 Å². The molecule has 1 aromatic carbocycles. The van der Waals surface area contributed by atoms with Crippen molar-refractivity contribution >= 4 is 17.9 Å². The van der Waals surface area contributed by atoms with Crippen LogP contribution in [0.25, 0.3) is 0 Å². The zero-order valence-corrected chi connectivity index (χ0v) is 9.01. The van der Waals surface area contributed by atoms with E-state index in [1.165, 1.54) is 11.1 Å². The first kappa shape index (κ1) is 9.59. The monoisotopic (exact) mass is 207 g/mol. The maximum absolute atomic E-state index is 11.4. The Kier molecular flexibility index (Phi) is 2.77. The number of benzene rings is 1. The summed E-state index contributed by atoms with van der Waals surface area (Å²) in [6, 6.07) is 8.34. The molecule has 1 aliphatic rings. The largest absolute Gasteiger partial charge is 0.282 e. The molecule has 1 saturated heterocycles. The highest BCUT2D eigenvalue weighted by Gasteiger charge is 2.20. The van der Waals surface area contributed by atoms with Crippen LogP contribution in [-0.2, 0) is 11.3 Å². The SMILES string of the molecule is Cc1ccc(CN2SCCC2=O)cc1. The Hall–Kier alpha value is -0.960. The average molecular weight is 207 g/mol. The minimum Gasteiger partial charge on any atom is -0.282 e. The Morgan fingerprint density at radius 2 is 2.07 bits per heavy atom. The number of carbonyl (C=O) groups excluding carboxylic acids is 1. The van der Waals surface area contributed by atoms with Crippen LogP contribution in [0.2, 0.25) is 0 Å². The predicted octanol–water partition coefficient (Wildman–Crippen LogP) is 2.38. The second-order valence-corrected chi connectivity index (χ2v) is 4.61. The molecule has 1 heterocycles. The van der Waals surface area contributed by atoms with Crippen molar-refractivity contribution in [3.05, 3.63) is 35.4 Å². The molecule has 0 aliphatic carbocycles. The highest BCUT2D eigenvalue weighted by molar-refractivity contribution is 7.97. The van der Waals surface area contributed by atoms with Crippen LogP contribution in [0.1, 0.15) is 17.5 Å². The molecule has 2 rings (SSSR count). The minimum absolute atomic E-state index is 0.260. The van der Waals surface area contributed by atoms with Crippen LogP contribution >= 0.6 is 11.9 Å². The molecule has 1 amide bonds. The van der Waals surface area contributed by atoms with E-state index in [2.05, 4.69) is 31.2 Å². The van der Waals surface area contributed by atoms with Crippen LogP contribution in [0, 0.1) is 6.92 Å². The number of aryl methyl sites for hydroxylation is 1. The van der Waals surface area contributed by atoms with Gasteiger partial charge in [0.15, 0.2) is 0 Å². The van der Waals surface area contributed by atoms with Gasteiger partial charge in [0.25, 0.3) is 0 Å². The van der Waals surface area contributed by atoms with Crippen LogP contribution in [-0.4, -0.2) is 16.0 Å². The lowest BCUT2D eigenvalue weighted by Gasteiger charge is -2.13. The molecule has 0 aromatic heterocycles. The average Bonchev–Trinajstić information content (AvgIpc) is 2.56. The van der Waals surface area contributed by atoms with Crippen molar-refractivity contribution in [1.29, 1.82) is 0 Å². The molecule has 74 valence electrons. The molecule has 0 radical (unpaired) electrons. The van der Waals surface area contributed by atoms with Gasteiger partial charge in [-0.15, -0.1) is 0 Å². The van der Waals surface area contributed by atoms with Gasteiger partial charge < -0.3 is 0 Å². The third-order valence-corrected chi connectivity index (χ3v) is 3.32. The Morgan fingerprint density at radius 1 is 1.36 bits per heavy atom. The van der Waals surface area contributed by atoms with Gasteiger partial charge in [-0.3, -0.25) is 9.10 Å². The van der Waals surface area contributed by atoms with E-state index in [0.717, 1.165) is 12.3 Å². The molecule has 1 fully saturated rings. The molecule has 1 aromatic rings. The molecule has 0 bridgehead atoms. The molecule has 1 aliphatic heterocycles. The fourth-order valence-electron chi connectivity index (χ4n) is 1.43. The Balaban J connectivity index is 2.03. The van der Waals surface area contributed by atoms with Gasteiger partial charge in [0, 0.05) is 12.2 Å². The Bertz CT molecular complexity index is 334. The van der Waals surface area contributed by atoms with Gasteiger partial charge in [0.05, 0.1) is 6.54 Å². The molecular weight excluding hydrogens is 194 g/mol. The van der Waals surface area contributed by atoms with Gasteiger partial charge in [0.2, 0.25) is 5.91 Å². The van der Waals surface area contributed by atoms with Gasteiger partial charge in [-0.25, -0.2) is 0 Å². The van der Waals surface area contributed by atoms with E-state index in [0.29, 0.717) is 6.42 Å². The first-order valence-electron chi connectivity index (χ1n) is 4.74. The summed E-state index contributed by atoms with van der Waals surface area (Å²) < 4.78 is 1.85. The maximum atomic E-state index is 11.4. The van der Waals surface area contributed by atoms with Gasteiger partial charge in [-0.2, -0.15) is 0 Å². The quantitative estimate of drug-likeness (QED) is 0.694. The van der Waals surface area contributed by atoms with E-state index >= 15 is 0 Å². The molecule has 0 N–H and O–H groups in total. The zero-order chi connectivity index (χ0) is 9.97. The summed E-state index contributed by atoms with van der Waals surface area (Å²) >= 11 is 1.63. The van der Waals surface area contributed by atoms with Crippen molar-refractivity contribution in [3.8, 4) is 0 Å². The summed E-state index contributed by atoms with van der Waals surface area (Å²) in [5, 5.41) is 0. The van der Waals surface area contributed by atoms with Crippen molar-refractivity contribution in [2.45, 2.75) is 19.9 Å². The zero-order valence-electron chi connectivity index (χ0n) is 8.19. The van der Waals surface area contributed by atoms with E-state index in [4.69, 9.17) is 0 Å². The lowest BCUT2D eigenvalue weighted by atomic mass is 10.1. The van der Waals surface area contributed by atoms with Crippen LogP contribution in [0.3, 0.4) is 0 Å². The molecule has 0 unspecified atom stereocenters. The number of amides is 1. The van der Waals surface area contributed by atoms with E-state index in [1.54, 1.807) is 11.9 Å². The topological polar surface area (TPSA) is 20.3 Å².